The van der Waals surface area contributed by atoms with Gasteiger partial charge in [-0.1, -0.05) is 40.2 Å². The van der Waals surface area contributed by atoms with Crippen molar-refractivity contribution >= 4 is 42.7 Å². The monoisotopic (exact) mass is 428 g/mol. The SMILES string of the molecule is O=S(=O)(Nc1ccc2oc(-c3cccc(Br)c3)nc2c1)c1ccccc1. The van der Waals surface area contributed by atoms with Crippen molar-refractivity contribution in [3.05, 3.63) is 77.3 Å². The fraction of sp³-hybridized carbons (Fsp3) is 0. The largest absolute Gasteiger partial charge is 0.436 e. The second kappa shape index (κ2) is 6.59. The summed E-state index contributed by atoms with van der Waals surface area (Å²) in [5.41, 5.74) is 2.42. The number of nitrogens with one attached hydrogen (secondary N) is 1. The minimum absolute atomic E-state index is 0.204. The summed E-state index contributed by atoms with van der Waals surface area (Å²) in [6.45, 7) is 0. The molecule has 0 aliphatic heterocycles. The number of benzene rings is 3. The summed E-state index contributed by atoms with van der Waals surface area (Å²) in [6.07, 6.45) is 0. The molecule has 5 nitrogen and oxygen atoms in total. The fourth-order valence-corrected chi connectivity index (χ4v) is 4.02. The van der Waals surface area contributed by atoms with Crippen LogP contribution in [0.3, 0.4) is 0 Å². The van der Waals surface area contributed by atoms with E-state index in [-0.39, 0.29) is 4.90 Å². The molecule has 3 aromatic carbocycles. The van der Waals surface area contributed by atoms with Gasteiger partial charge in [0.2, 0.25) is 5.89 Å². The summed E-state index contributed by atoms with van der Waals surface area (Å²) >= 11 is 3.42. The van der Waals surface area contributed by atoms with Gasteiger partial charge < -0.3 is 4.42 Å². The third kappa shape index (κ3) is 3.36. The quantitative estimate of drug-likeness (QED) is 0.492. The zero-order chi connectivity index (χ0) is 18.1. The third-order valence-corrected chi connectivity index (χ3v) is 5.66. The lowest BCUT2D eigenvalue weighted by Gasteiger charge is -2.07. The van der Waals surface area contributed by atoms with E-state index in [1.54, 1.807) is 48.5 Å². The van der Waals surface area contributed by atoms with Gasteiger partial charge in [-0.05, 0) is 48.5 Å². The van der Waals surface area contributed by atoms with Crippen LogP contribution >= 0.6 is 15.9 Å². The molecule has 0 amide bonds. The Hall–Kier alpha value is -2.64. The lowest BCUT2D eigenvalue weighted by atomic mass is 10.2. The van der Waals surface area contributed by atoms with Crippen molar-refractivity contribution in [1.29, 1.82) is 0 Å². The average Bonchev–Trinajstić information content (AvgIpc) is 3.05. The number of sulfonamides is 1. The van der Waals surface area contributed by atoms with E-state index in [2.05, 4.69) is 25.6 Å². The van der Waals surface area contributed by atoms with Gasteiger partial charge in [-0.15, -0.1) is 0 Å². The van der Waals surface area contributed by atoms with E-state index in [0.29, 0.717) is 22.7 Å². The van der Waals surface area contributed by atoms with E-state index >= 15 is 0 Å². The zero-order valence-corrected chi connectivity index (χ0v) is 15.8. The van der Waals surface area contributed by atoms with Gasteiger partial charge in [-0.25, -0.2) is 13.4 Å². The molecular weight excluding hydrogens is 416 g/mol. The molecule has 0 spiro atoms. The Labute approximate surface area is 158 Å². The molecule has 7 heteroatoms. The minimum Gasteiger partial charge on any atom is -0.436 e. The van der Waals surface area contributed by atoms with E-state index in [1.807, 2.05) is 24.3 Å². The molecule has 0 bridgehead atoms. The van der Waals surface area contributed by atoms with Crippen molar-refractivity contribution < 1.29 is 12.8 Å². The molecule has 0 aliphatic carbocycles. The Bertz CT molecular complexity index is 1190. The van der Waals surface area contributed by atoms with Crippen LogP contribution < -0.4 is 4.72 Å². The van der Waals surface area contributed by atoms with Gasteiger partial charge in [-0.2, -0.15) is 0 Å². The summed E-state index contributed by atoms with van der Waals surface area (Å²) in [5, 5.41) is 0. The number of rotatable bonds is 4. The molecule has 0 aliphatic rings. The van der Waals surface area contributed by atoms with Crippen LogP contribution in [0.2, 0.25) is 0 Å². The molecule has 0 fully saturated rings. The van der Waals surface area contributed by atoms with Crippen LogP contribution in [0.1, 0.15) is 0 Å². The topological polar surface area (TPSA) is 72.2 Å². The second-order valence-corrected chi connectivity index (χ2v) is 8.23. The summed E-state index contributed by atoms with van der Waals surface area (Å²) < 4.78 is 34.1. The molecule has 0 radical (unpaired) electrons. The van der Waals surface area contributed by atoms with Gasteiger partial charge in [0, 0.05) is 10.0 Å². The van der Waals surface area contributed by atoms with Gasteiger partial charge in [0.25, 0.3) is 10.0 Å². The molecule has 130 valence electrons. The first-order valence-electron chi connectivity index (χ1n) is 7.76. The lowest BCUT2D eigenvalue weighted by molar-refractivity contribution is 0.601. The molecule has 0 saturated carbocycles. The van der Waals surface area contributed by atoms with E-state index in [1.165, 1.54) is 0 Å². The maximum absolute atomic E-state index is 12.4. The van der Waals surface area contributed by atoms with Crippen LogP contribution in [0, 0.1) is 0 Å². The predicted molar refractivity (Wildman–Crippen MR) is 104 cm³/mol. The highest BCUT2D eigenvalue weighted by Crippen LogP contribution is 2.28. The van der Waals surface area contributed by atoms with E-state index in [0.717, 1.165) is 10.0 Å². The van der Waals surface area contributed by atoms with Gasteiger partial charge in [0.1, 0.15) is 5.52 Å². The van der Waals surface area contributed by atoms with Crippen molar-refractivity contribution in [1.82, 2.24) is 4.98 Å². The average molecular weight is 429 g/mol. The normalized spacial score (nSPS) is 11.6. The highest BCUT2D eigenvalue weighted by molar-refractivity contribution is 9.10. The van der Waals surface area contributed by atoms with Gasteiger partial charge in [-0.3, -0.25) is 4.72 Å². The molecule has 4 aromatic rings. The molecule has 1 heterocycles. The summed E-state index contributed by atoms with van der Waals surface area (Å²) in [4.78, 5) is 4.67. The number of oxazole rings is 1. The maximum atomic E-state index is 12.4. The molecule has 0 saturated heterocycles. The van der Waals surface area contributed by atoms with Crippen molar-refractivity contribution in [3.63, 3.8) is 0 Å². The van der Waals surface area contributed by atoms with Crippen LogP contribution in [-0.2, 0) is 10.0 Å². The number of anilines is 1. The van der Waals surface area contributed by atoms with Gasteiger partial charge in [0.05, 0.1) is 10.6 Å². The molecule has 1 aromatic heterocycles. The molecule has 4 rings (SSSR count). The third-order valence-electron chi connectivity index (χ3n) is 3.76. The number of hydrogen-bond acceptors (Lipinski definition) is 4. The Morgan fingerprint density at radius 2 is 1.73 bits per heavy atom. The Morgan fingerprint density at radius 3 is 2.50 bits per heavy atom. The standard InChI is InChI=1S/C19H13BrN2O3S/c20-14-6-4-5-13(11-14)19-21-17-12-15(9-10-18(17)25-19)22-26(23,24)16-7-2-1-3-8-16/h1-12,22H. The fourth-order valence-electron chi connectivity index (χ4n) is 2.55. The lowest BCUT2D eigenvalue weighted by Crippen LogP contribution is -2.12. The highest BCUT2D eigenvalue weighted by atomic mass is 79.9. The summed E-state index contributed by atoms with van der Waals surface area (Å²) in [6, 6.07) is 20.8. The molecular formula is C19H13BrN2O3S. The Morgan fingerprint density at radius 1 is 0.923 bits per heavy atom. The second-order valence-electron chi connectivity index (χ2n) is 5.63. The number of nitrogens with zero attached hydrogens (tertiary/aromatic N) is 1. The number of fused-ring (bicyclic) bond motifs is 1. The summed E-state index contributed by atoms with van der Waals surface area (Å²) in [5.74, 6) is 0.476. The smallest absolute Gasteiger partial charge is 0.261 e. The van der Waals surface area contributed by atoms with Crippen molar-refractivity contribution in [2.24, 2.45) is 0 Å². The highest BCUT2D eigenvalue weighted by Gasteiger charge is 2.15. The first kappa shape index (κ1) is 16.8. The molecule has 0 atom stereocenters. The Kier molecular flexibility index (Phi) is 4.26. The molecule has 0 unspecified atom stereocenters. The van der Waals surface area contributed by atoms with Crippen molar-refractivity contribution in [2.75, 3.05) is 4.72 Å². The Balaban J connectivity index is 1.68. The van der Waals surface area contributed by atoms with Crippen LogP contribution in [0.15, 0.2) is 86.6 Å². The first-order chi connectivity index (χ1) is 12.5. The van der Waals surface area contributed by atoms with Crippen molar-refractivity contribution in [3.8, 4) is 11.5 Å². The van der Waals surface area contributed by atoms with Gasteiger partial charge in [0.15, 0.2) is 5.58 Å². The van der Waals surface area contributed by atoms with Crippen LogP contribution in [0.5, 0.6) is 0 Å². The first-order valence-corrected chi connectivity index (χ1v) is 10.0. The van der Waals surface area contributed by atoms with Crippen molar-refractivity contribution in [2.45, 2.75) is 4.90 Å². The number of aromatic nitrogens is 1. The van der Waals surface area contributed by atoms with Crippen LogP contribution in [0.25, 0.3) is 22.6 Å². The molecule has 1 N–H and O–H groups in total. The zero-order valence-electron chi connectivity index (χ0n) is 13.4. The van der Waals surface area contributed by atoms with Gasteiger partial charge >= 0.3 is 0 Å². The van der Waals surface area contributed by atoms with E-state index in [9.17, 15) is 8.42 Å². The molecule has 26 heavy (non-hydrogen) atoms. The minimum atomic E-state index is -3.65. The predicted octanol–water partition coefficient (Wildman–Crippen LogP) is 5.06. The van der Waals surface area contributed by atoms with E-state index < -0.39 is 10.0 Å². The number of halogens is 1. The van der Waals surface area contributed by atoms with E-state index in [4.69, 9.17) is 4.42 Å². The number of hydrogen-bond donors (Lipinski definition) is 1. The summed E-state index contributed by atoms with van der Waals surface area (Å²) in [7, 11) is -3.65. The maximum Gasteiger partial charge on any atom is 0.261 e. The van der Waals surface area contributed by atoms with Crippen LogP contribution in [0.4, 0.5) is 5.69 Å². The van der Waals surface area contributed by atoms with Crippen LogP contribution in [-0.4, -0.2) is 13.4 Å².